The average Bonchev–Trinajstić information content (AvgIpc) is 2.36. The highest BCUT2D eigenvalue weighted by molar-refractivity contribution is 4.89. The van der Waals surface area contributed by atoms with Crippen molar-refractivity contribution in [1.29, 1.82) is 0 Å². The minimum absolute atomic E-state index is 0.797. The molecule has 3 heteroatoms. The van der Waals surface area contributed by atoms with Crippen LogP contribution >= 0.6 is 0 Å². The van der Waals surface area contributed by atoms with E-state index in [4.69, 9.17) is 0 Å². The van der Waals surface area contributed by atoms with Crippen LogP contribution in [0.5, 0.6) is 0 Å². The molecule has 0 bridgehead atoms. The zero-order valence-corrected chi connectivity index (χ0v) is 11.2. The molecule has 2 atom stereocenters. The van der Waals surface area contributed by atoms with Crippen LogP contribution < -0.4 is 0 Å². The molecule has 0 amide bonds. The molecule has 0 unspecified atom stereocenters. The lowest BCUT2D eigenvalue weighted by molar-refractivity contribution is 0.0869. The van der Waals surface area contributed by atoms with E-state index >= 15 is 0 Å². The fraction of sp³-hybridized carbons (Fsp3) is 1.00. The molecule has 1 heterocycles. The fourth-order valence-electron chi connectivity index (χ4n) is 3.22. The lowest BCUT2D eigenvalue weighted by atomic mass is 9.88. The highest BCUT2D eigenvalue weighted by Gasteiger charge is 2.31. The largest absolute Gasteiger partial charge is 0.304 e. The molecule has 0 radical (unpaired) electrons. The molecule has 0 aromatic carbocycles. The molecule has 0 N–H and O–H groups in total. The Morgan fingerprint density at radius 1 is 0.688 bits per heavy atom. The second kappa shape index (κ2) is 5.48. The van der Waals surface area contributed by atoms with Crippen molar-refractivity contribution in [3.8, 4) is 0 Å². The van der Waals surface area contributed by atoms with Gasteiger partial charge in [-0.2, -0.15) is 0 Å². The zero-order valence-electron chi connectivity index (χ0n) is 11.2. The smallest absolute Gasteiger partial charge is 0.0248 e. The van der Waals surface area contributed by atoms with Gasteiger partial charge in [-0.15, -0.1) is 0 Å². The van der Waals surface area contributed by atoms with Gasteiger partial charge < -0.3 is 14.7 Å². The Bertz CT molecular complexity index is 197. The number of hydrogen-bond acceptors (Lipinski definition) is 3. The predicted molar refractivity (Wildman–Crippen MR) is 68.8 cm³/mol. The van der Waals surface area contributed by atoms with E-state index < -0.39 is 0 Å². The van der Waals surface area contributed by atoms with Gasteiger partial charge >= 0.3 is 0 Å². The molecule has 2 aliphatic rings. The molecule has 1 saturated heterocycles. The molecule has 0 aromatic rings. The van der Waals surface area contributed by atoms with Gasteiger partial charge in [0.15, 0.2) is 0 Å². The summed E-state index contributed by atoms with van der Waals surface area (Å²) >= 11 is 0. The molecule has 94 valence electrons. The number of likely N-dealkylation sites (N-methyl/N-ethyl adjacent to an activating group) is 3. The fourth-order valence-corrected chi connectivity index (χ4v) is 3.22. The first-order chi connectivity index (χ1) is 7.68. The second-order valence-corrected chi connectivity index (χ2v) is 5.68. The number of fused-ring (bicyclic) bond motifs is 1. The first-order valence-electron chi connectivity index (χ1n) is 6.77. The van der Waals surface area contributed by atoms with Crippen LogP contribution in [0, 0.1) is 0 Å². The molecule has 0 spiro atoms. The lowest BCUT2D eigenvalue weighted by Crippen LogP contribution is -2.51. The van der Waals surface area contributed by atoms with Crippen molar-refractivity contribution in [3.05, 3.63) is 0 Å². The van der Waals surface area contributed by atoms with Crippen LogP contribution in [0.15, 0.2) is 0 Å². The SMILES string of the molecule is CN1CCN(C)[C@H]2CCCC[C@@H]2N(C)CC1. The summed E-state index contributed by atoms with van der Waals surface area (Å²) < 4.78 is 0. The number of nitrogens with zero attached hydrogens (tertiary/aromatic N) is 3. The maximum Gasteiger partial charge on any atom is 0.0248 e. The minimum atomic E-state index is 0.797. The Balaban J connectivity index is 2.07. The molecule has 16 heavy (non-hydrogen) atoms. The van der Waals surface area contributed by atoms with E-state index in [1.807, 2.05) is 0 Å². The van der Waals surface area contributed by atoms with E-state index in [9.17, 15) is 0 Å². The summed E-state index contributed by atoms with van der Waals surface area (Å²) in [6.45, 7) is 4.89. The van der Waals surface area contributed by atoms with Crippen LogP contribution in [0.4, 0.5) is 0 Å². The molecule has 1 aliphatic heterocycles. The summed E-state index contributed by atoms with van der Waals surface area (Å²) in [5, 5.41) is 0. The van der Waals surface area contributed by atoms with Gasteiger partial charge in [-0.1, -0.05) is 12.8 Å². The van der Waals surface area contributed by atoms with Gasteiger partial charge in [0.05, 0.1) is 0 Å². The Kier molecular flexibility index (Phi) is 4.22. The Morgan fingerprint density at radius 2 is 1.12 bits per heavy atom. The first kappa shape index (κ1) is 12.3. The van der Waals surface area contributed by atoms with Gasteiger partial charge in [0, 0.05) is 38.3 Å². The minimum Gasteiger partial charge on any atom is -0.304 e. The van der Waals surface area contributed by atoms with Crippen molar-refractivity contribution in [2.45, 2.75) is 37.8 Å². The molecule has 3 nitrogen and oxygen atoms in total. The van der Waals surface area contributed by atoms with Gasteiger partial charge in [0.1, 0.15) is 0 Å². The monoisotopic (exact) mass is 225 g/mol. The average molecular weight is 225 g/mol. The van der Waals surface area contributed by atoms with Crippen LogP contribution in [0.25, 0.3) is 0 Å². The van der Waals surface area contributed by atoms with Crippen LogP contribution in [0.1, 0.15) is 25.7 Å². The van der Waals surface area contributed by atoms with Gasteiger partial charge in [0.2, 0.25) is 0 Å². The van der Waals surface area contributed by atoms with E-state index in [2.05, 4.69) is 35.8 Å². The lowest BCUT2D eigenvalue weighted by Gasteiger charge is -2.41. The van der Waals surface area contributed by atoms with Crippen molar-refractivity contribution >= 4 is 0 Å². The highest BCUT2D eigenvalue weighted by Crippen LogP contribution is 2.26. The van der Waals surface area contributed by atoms with Crippen LogP contribution in [-0.2, 0) is 0 Å². The van der Waals surface area contributed by atoms with Gasteiger partial charge in [0.25, 0.3) is 0 Å². The van der Waals surface area contributed by atoms with Gasteiger partial charge in [-0.25, -0.2) is 0 Å². The first-order valence-corrected chi connectivity index (χ1v) is 6.77. The maximum atomic E-state index is 2.60. The Labute approximate surface area is 100 Å². The molecule has 2 fully saturated rings. The van der Waals surface area contributed by atoms with Crippen molar-refractivity contribution in [3.63, 3.8) is 0 Å². The number of rotatable bonds is 0. The van der Waals surface area contributed by atoms with E-state index in [1.165, 1.54) is 51.9 Å². The Morgan fingerprint density at radius 3 is 1.56 bits per heavy atom. The van der Waals surface area contributed by atoms with Crippen LogP contribution in [0.2, 0.25) is 0 Å². The van der Waals surface area contributed by atoms with Crippen LogP contribution in [0.3, 0.4) is 0 Å². The van der Waals surface area contributed by atoms with Crippen LogP contribution in [-0.4, -0.2) is 74.1 Å². The van der Waals surface area contributed by atoms with E-state index in [0.29, 0.717) is 0 Å². The third-order valence-electron chi connectivity index (χ3n) is 4.50. The van der Waals surface area contributed by atoms with Crippen molar-refractivity contribution < 1.29 is 0 Å². The predicted octanol–water partition coefficient (Wildman–Crippen LogP) is 1.11. The molecule has 0 aromatic heterocycles. The quantitative estimate of drug-likeness (QED) is 0.611. The Hall–Kier alpha value is -0.120. The molecule has 1 saturated carbocycles. The molecular weight excluding hydrogens is 198 g/mol. The van der Waals surface area contributed by atoms with Gasteiger partial charge in [-0.3, -0.25) is 0 Å². The van der Waals surface area contributed by atoms with E-state index in [0.717, 1.165) is 12.1 Å². The molecule has 1 aliphatic carbocycles. The standard InChI is InChI=1S/C13H27N3/c1-14-8-10-15(2)12-6-4-5-7-13(12)16(3)11-9-14/h12-13H,4-11H2,1-3H3/t12-,13-/m0/s1. The molecule has 2 rings (SSSR count). The summed E-state index contributed by atoms with van der Waals surface area (Å²) in [5.41, 5.74) is 0. The highest BCUT2D eigenvalue weighted by atomic mass is 15.3. The summed E-state index contributed by atoms with van der Waals surface area (Å²) in [4.78, 5) is 7.66. The third kappa shape index (κ3) is 2.76. The topological polar surface area (TPSA) is 9.72 Å². The molecular formula is C13H27N3. The number of hydrogen-bond donors (Lipinski definition) is 0. The van der Waals surface area contributed by atoms with Crippen molar-refractivity contribution in [2.75, 3.05) is 47.3 Å². The summed E-state index contributed by atoms with van der Waals surface area (Å²) in [6.07, 6.45) is 5.65. The third-order valence-corrected chi connectivity index (χ3v) is 4.50. The summed E-state index contributed by atoms with van der Waals surface area (Å²) in [7, 11) is 6.88. The van der Waals surface area contributed by atoms with Crippen molar-refractivity contribution in [1.82, 2.24) is 14.7 Å². The second-order valence-electron chi connectivity index (χ2n) is 5.68. The van der Waals surface area contributed by atoms with E-state index in [1.54, 1.807) is 0 Å². The van der Waals surface area contributed by atoms with E-state index in [-0.39, 0.29) is 0 Å². The summed E-state index contributed by atoms with van der Waals surface area (Å²) in [5.74, 6) is 0. The summed E-state index contributed by atoms with van der Waals surface area (Å²) in [6, 6.07) is 1.59. The van der Waals surface area contributed by atoms with Gasteiger partial charge in [-0.05, 0) is 34.0 Å². The van der Waals surface area contributed by atoms with Crippen molar-refractivity contribution in [2.24, 2.45) is 0 Å². The zero-order chi connectivity index (χ0) is 11.5. The normalized spacial score (nSPS) is 36.2. The maximum absolute atomic E-state index is 2.60.